The van der Waals surface area contributed by atoms with Crippen LogP contribution in [0.4, 0.5) is 0 Å². The molecule has 0 unspecified atom stereocenters. The molecule has 0 saturated carbocycles. The Labute approximate surface area is 621 Å². The van der Waals surface area contributed by atoms with Crippen molar-refractivity contribution < 1.29 is 4.74 Å². The van der Waals surface area contributed by atoms with Crippen LogP contribution in [0.15, 0.2) is 405 Å². The number of thiophene rings is 2. The van der Waals surface area contributed by atoms with Gasteiger partial charge in [0.2, 0.25) is 0 Å². The van der Waals surface area contributed by atoms with E-state index in [9.17, 15) is 0 Å². The molecule has 19 aromatic rings. The molecule has 0 spiro atoms. The third-order valence-electron chi connectivity index (χ3n) is 19.6. The van der Waals surface area contributed by atoms with E-state index in [0.29, 0.717) is 0 Å². The minimum atomic E-state index is -0.183. The van der Waals surface area contributed by atoms with Crippen LogP contribution in [0.3, 0.4) is 0 Å². The molecule has 0 radical (unpaired) electrons. The van der Waals surface area contributed by atoms with Gasteiger partial charge < -0.3 is 4.74 Å². The molecule has 1 nitrogen and oxygen atoms in total. The molecule has 0 N–H and O–H groups in total. The molecule has 5 heteroatoms. The highest BCUT2D eigenvalue weighted by Crippen LogP contribution is 2.51. The Morgan fingerprint density at radius 1 is 0.240 bits per heavy atom. The lowest BCUT2D eigenvalue weighted by Gasteiger charge is -2.19. The molecule has 0 aliphatic carbocycles. The summed E-state index contributed by atoms with van der Waals surface area (Å²) in [6.07, 6.45) is 0. The predicted octanol–water partition coefficient (Wildman–Crippen LogP) is 28.7. The molecule has 0 aliphatic rings. The number of hydrogen-bond donors (Lipinski definition) is 0. The Bertz CT molecular complexity index is 5920. The van der Waals surface area contributed by atoms with Gasteiger partial charge in [-0.25, -0.2) is 0 Å². The average molecular weight is 1410 g/mol. The second-order valence-corrected chi connectivity index (χ2v) is 35.4. The minimum absolute atomic E-state index is 0.0269. The summed E-state index contributed by atoms with van der Waals surface area (Å²) < 4.78 is 11.3. The lowest BCUT2D eigenvalue weighted by Crippen LogP contribution is -2.11. The van der Waals surface area contributed by atoms with E-state index >= 15 is 0 Å². The molecular formula is C99H80OS4+4. The van der Waals surface area contributed by atoms with E-state index in [1.54, 1.807) is 7.11 Å². The predicted molar refractivity (Wildman–Crippen MR) is 456 cm³/mol. The second kappa shape index (κ2) is 29.7. The highest BCUT2D eigenvalue weighted by molar-refractivity contribution is 7.97. The zero-order chi connectivity index (χ0) is 70.7. The second-order valence-electron chi connectivity index (χ2n) is 27.4. The highest BCUT2D eigenvalue weighted by Gasteiger charge is 2.32. The molecule has 2 heterocycles. The number of hydrogen-bond acceptors (Lipinski definition) is 1. The van der Waals surface area contributed by atoms with Gasteiger partial charge >= 0.3 is 0 Å². The maximum atomic E-state index is 5.54. The van der Waals surface area contributed by atoms with Gasteiger partial charge in [-0.05, 0) is 223 Å². The number of rotatable bonds is 9. The Morgan fingerprint density at radius 3 is 0.788 bits per heavy atom. The molecule has 19 rings (SSSR count). The van der Waals surface area contributed by atoms with Crippen molar-refractivity contribution in [3.63, 3.8) is 0 Å². The van der Waals surface area contributed by atoms with Crippen LogP contribution < -0.4 is 4.74 Å². The Hall–Kier alpha value is -11.0. The van der Waals surface area contributed by atoms with E-state index in [2.05, 4.69) is 411 Å². The highest BCUT2D eigenvalue weighted by atomic mass is 32.2. The van der Waals surface area contributed by atoms with Crippen molar-refractivity contribution in [2.24, 2.45) is 0 Å². The summed E-state index contributed by atoms with van der Waals surface area (Å²) in [5.74, 6) is 0.998. The fourth-order valence-electron chi connectivity index (χ4n) is 14.5. The SMILES string of the molecule is CC(C)(C)c1ccc([S+](c2ccc3ccccc3c2)c2ccc3ccccc3c2)cc1.COc1c(C)cc(-[s+]2c3ccccc3c3ccccc32)cc1C.c1ccc(-[s+]2c3ccccc3c3ccccc32)cc1.c1ccc2cc([S+](c3ccc4ccccc4c3)c3ccc4ccccc4c3)ccc2c1. The third kappa shape index (κ3) is 13.8. The monoisotopic (exact) mass is 1410 g/mol. The van der Waals surface area contributed by atoms with E-state index in [1.807, 2.05) is 0 Å². The lowest BCUT2D eigenvalue weighted by atomic mass is 9.87. The molecule has 0 atom stereocenters. The molecule has 0 bridgehead atoms. The summed E-state index contributed by atoms with van der Waals surface area (Å²) in [7, 11) is 1.44. The van der Waals surface area contributed by atoms with E-state index in [0.717, 1.165) is 5.75 Å². The maximum Gasteiger partial charge on any atom is 0.187 e. The number of fused-ring (bicyclic) bond motifs is 11. The molecule has 0 amide bonds. The van der Waals surface area contributed by atoms with Crippen LogP contribution in [-0.4, -0.2) is 7.11 Å². The van der Waals surface area contributed by atoms with Gasteiger partial charge in [0.15, 0.2) is 58.0 Å². The summed E-state index contributed by atoms with van der Waals surface area (Å²) in [5, 5.41) is 18.4. The van der Waals surface area contributed by atoms with Crippen LogP contribution in [0.5, 0.6) is 5.75 Å². The first kappa shape index (κ1) is 67.5. The first-order chi connectivity index (χ1) is 51.0. The molecule has 0 fully saturated rings. The Kier molecular flexibility index (Phi) is 19.3. The largest absolute Gasteiger partial charge is 0.496 e. The summed E-state index contributed by atoms with van der Waals surface area (Å²) in [6, 6.07) is 138. The van der Waals surface area contributed by atoms with Crippen LogP contribution in [0.25, 0.3) is 104 Å². The Morgan fingerprint density at radius 2 is 0.490 bits per heavy atom. The van der Waals surface area contributed by atoms with E-state index < -0.39 is 0 Å². The van der Waals surface area contributed by atoms with Crippen molar-refractivity contribution in [2.75, 3.05) is 7.11 Å². The van der Waals surface area contributed by atoms with Gasteiger partial charge in [0.05, 0.1) is 28.9 Å². The Balaban J connectivity index is 0.000000109. The first-order valence-electron chi connectivity index (χ1n) is 35.6. The smallest absolute Gasteiger partial charge is 0.187 e. The normalized spacial score (nSPS) is 11.5. The minimum Gasteiger partial charge on any atom is -0.496 e. The van der Waals surface area contributed by atoms with Gasteiger partial charge in [-0.1, -0.05) is 221 Å². The van der Waals surface area contributed by atoms with Crippen molar-refractivity contribution in [1.29, 1.82) is 0 Å². The van der Waals surface area contributed by atoms with Gasteiger partial charge in [-0.15, -0.1) is 0 Å². The molecular weight excluding hydrogens is 1330 g/mol. The maximum absolute atomic E-state index is 5.54. The van der Waals surface area contributed by atoms with E-state index in [-0.39, 0.29) is 48.1 Å². The van der Waals surface area contributed by atoms with Gasteiger partial charge in [0.1, 0.15) is 5.75 Å². The number of methoxy groups -OCH3 is 1. The fraction of sp³-hybridized carbons (Fsp3) is 0.0707. The summed E-state index contributed by atoms with van der Waals surface area (Å²) in [6.45, 7) is 11.1. The average Bonchev–Trinajstić information content (AvgIpc) is 1.69. The number of ether oxygens (including phenoxy) is 1. The summed E-state index contributed by atoms with van der Waals surface area (Å²) in [4.78, 5) is 10.9. The number of benzene rings is 17. The van der Waals surface area contributed by atoms with Crippen LogP contribution >= 0.6 is 20.9 Å². The molecule has 2 aromatic heterocycles. The zero-order valence-electron chi connectivity index (χ0n) is 59.3. The van der Waals surface area contributed by atoms with Crippen molar-refractivity contribution in [1.82, 2.24) is 0 Å². The molecule has 0 aliphatic heterocycles. The molecule has 502 valence electrons. The van der Waals surface area contributed by atoms with Crippen molar-refractivity contribution in [2.45, 2.75) is 69.4 Å². The van der Waals surface area contributed by atoms with Gasteiger partial charge in [0.25, 0.3) is 0 Å². The van der Waals surface area contributed by atoms with E-state index in [1.165, 1.54) is 150 Å². The lowest BCUT2D eigenvalue weighted by molar-refractivity contribution is 0.408. The molecule has 17 aromatic carbocycles. The third-order valence-corrected chi connectivity index (χ3v) is 28.6. The van der Waals surface area contributed by atoms with Crippen LogP contribution in [0, 0.1) is 13.8 Å². The van der Waals surface area contributed by atoms with Crippen LogP contribution in [-0.2, 0) is 27.2 Å². The standard InChI is InChI=1S/C30H21S.C30H27S.C21H19OS.C18H13S/c1-4-10-25-19-28(16-13-22(25)7-1)31(29-17-14-23-8-2-5-11-26(23)20-29)30-18-15-24-9-3-6-12-27(24)21-30;1-30(2,3)26-14-18-27(19-15-26)31(28-16-12-22-8-4-6-10-24(22)20-28)29-17-13-23-9-5-7-11-25(23)21-29;1-14-12-16(13-15(2)21(14)22-3)23-19-10-6-4-8-17(19)18-9-5-7-11-20(18)23;1-2-8-14(9-3-1)19-17-12-6-4-10-15(17)16-11-5-7-13-18(16)19/h1-21H;4-21H,1-3H3;4-13H,1-3H3;1-13H/q4*+1. The van der Waals surface area contributed by atoms with E-state index in [4.69, 9.17) is 4.74 Å². The van der Waals surface area contributed by atoms with Crippen molar-refractivity contribution in [3.05, 3.63) is 393 Å². The molecule has 0 saturated heterocycles. The zero-order valence-corrected chi connectivity index (χ0v) is 62.6. The van der Waals surface area contributed by atoms with Gasteiger partial charge in [-0.3, -0.25) is 0 Å². The fourth-order valence-corrected chi connectivity index (χ4v) is 23.7. The quantitative estimate of drug-likeness (QED) is 0.131. The number of aryl methyl sites for hydroxylation is 2. The van der Waals surface area contributed by atoms with Crippen molar-refractivity contribution in [3.8, 4) is 15.5 Å². The van der Waals surface area contributed by atoms with Gasteiger partial charge in [-0.2, -0.15) is 0 Å². The summed E-state index contributed by atoms with van der Waals surface area (Å²) >= 11 is 0. The van der Waals surface area contributed by atoms with Crippen molar-refractivity contribution >= 4 is 137 Å². The first-order valence-corrected chi connectivity index (χ1v) is 40.5. The molecule has 104 heavy (non-hydrogen) atoms. The van der Waals surface area contributed by atoms with Gasteiger partial charge in [0, 0.05) is 84.9 Å². The van der Waals surface area contributed by atoms with Crippen LogP contribution in [0.1, 0.15) is 37.5 Å². The van der Waals surface area contributed by atoms with Crippen LogP contribution in [0.2, 0.25) is 0 Å². The summed E-state index contributed by atoms with van der Waals surface area (Å²) in [5.41, 5.74) is 3.94. The topological polar surface area (TPSA) is 9.23 Å².